The lowest BCUT2D eigenvalue weighted by Crippen LogP contribution is -2.33. The molecule has 1 saturated heterocycles. The molecule has 146 valence electrons. The van der Waals surface area contributed by atoms with E-state index in [-0.39, 0.29) is 0 Å². The van der Waals surface area contributed by atoms with E-state index in [9.17, 15) is 0 Å². The number of allylic oxidation sites excluding steroid dienone is 6. The zero-order valence-corrected chi connectivity index (χ0v) is 16.8. The summed E-state index contributed by atoms with van der Waals surface area (Å²) < 4.78 is 5.88. The Kier molecular flexibility index (Phi) is 10.3. The Morgan fingerprint density at radius 3 is 2.08 bits per heavy atom. The van der Waals surface area contributed by atoms with E-state index in [0.29, 0.717) is 12.1 Å². The summed E-state index contributed by atoms with van der Waals surface area (Å²) >= 11 is 0. The summed E-state index contributed by atoms with van der Waals surface area (Å²) in [6, 6.07) is 0.860. The van der Waals surface area contributed by atoms with Gasteiger partial charge in [0, 0.05) is 24.0 Å². The summed E-state index contributed by atoms with van der Waals surface area (Å²) in [7, 11) is 0. The zero-order chi connectivity index (χ0) is 18.5. The summed E-state index contributed by atoms with van der Waals surface area (Å²) in [4.78, 5) is 0. The van der Waals surface area contributed by atoms with Crippen LogP contribution in [0.5, 0.6) is 0 Å². The zero-order valence-electron chi connectivity index (χ0n) is 16.8. The van der Waals surface area contributed by atoms with Gasteiger partial charge in [-0.3, -0.25) is 0 Å². The number of rotatable bonds is 0. The predicted molar refractivity (Wildman–Crippen MR) is 112 cm³/mol. The molecule has 0 aromatic heterocycles. The van der Waals surface area contributed by atoms with E-state index in [2.05, 4.69) is 47.1 Å². The van der Waals surface area contributed by atoms with Gasteiger partial charge in [0.2, 0.25) is 0 Å². The third-order valence-corrected chi connectivity index (χ3v) is 5.02. The highest BCUT2D eigenvalue weighted by molar-refractivity contribution is 5.20. The summed E-state index contributed by atoms with van der Waals surface area (Å²) in [5.41, 5.74) is 2.79. The maximum atomic E-state index is 5.88. The number of dihydropyridines is 2. The lowest BCUT2D eigenvalue weighted by Gasteiger charge is -2.23. The van der Waals surface area contributed by atoms with Gasteiger partial charge in [-0.1, -0.05) is 51.0 Å². The Morgan fingerprint density at radius 2 is 1.38 bits per heavy atom. The first kappa shape index (κ1) is 20.8. The van der Waals surface area contributed by atoms with Crippen LogP contribution in [0, 0.1) is 0 Å². The van der Waals surface area contributed by atoms with E-state index in [0.717, 1.165) is 26.1 Å². The highest BCUT2D eigenvalue weighted by Crippen LogP contribution is 2.17. The highest BCUT2D eigenvalue weighted by Gasteiger charge is 2.12. The summed E-state index contributed by atoms with van der Waals surface area (Å²) in [5, 5.41) is 7.31. The van der Waals surface area contributed by atoms with Gasteiger partial charge in [-0.2, -0.15) is 0 Å². The van der Waals surface area contributed by atoms with E-state index in [1.54, 1.807) is 0 Å². The molecule has 26 heavy (non-hydrogen) atoms. The van der Waals surface area contributed by atoms with Crippen molar-refractivity contribution in [3.8, 4) is 0 Å². The molecule has 0 aliphatic carbocycles. The fourth-order valence-corrected chi connectivity index (χ4v) is 3.62. The van der Waals surface area contributed by atoms with Gasteiger partial charge in [0.05, 0.1) is 12.6 Å². The first-order valence-corrected chi connectivity index (χ1v) is 10.8. The average molecular weight is 359 g/mol. The summed E-state index contributed by atoms with van der Waals surface area (Å²) in [6.07, 6.45) is 24.5. The van der Waals surface area contributed by atoms with Gasteiger partial charge in [-0.15, -0.1) is 0 Å². The molecule has 3 aliphatic rings. The van der Waals surface area contributed by atoms with Crippen LogP contribution in [0.4, 0.5) is 0 Å². The van der Waals surface area contributed by atoms with Crippen LogP contribution in [0.1, 0.15) is 71.6 Å². The Hall–Kier alpha value is -1.48. The van der Waals surface area contributed by atoms with Crippen molar-refractivity contribution in [1.29, 1.82) is 0 Å². The lowest BCUT2D eigenvalue weighted by molar-refractivity contribution is 0.119. The third kappa shape index (κ3) is 7.82. The maximum absolute atomic E-state index is 5.88. The van der Waals surface area contributed by atoms with Crippen LogP contribution < -0.4 is 10.6 Å². The fraction of sp³-hybridized carbons (Fsp3) is 0.652. The summed E-state index contributed by atoms with van der Waals surface area (Å²) in [6.45, 7) is 5.65. The van der Waals surface area contributed by atoms with Crippen molar-refractivity contribution in [2.24, 2.45) is 0 Å². The molecule has 0 aromatic rings. The standard InChI is InChI=1S/C21H32N2O.C2H6/c1-2-4-10-20-14-8-15-21(23-20)17-24-16-6-5-11-19-13-7-12-18(22-19)9-3-1;1-2/h7-8,12-15,19,21-23H,1-6,9-11,16-17H2;1-2H3. The first-order valence-electron chi connectivity index (χ1n) is 10.8. The van der Waals surface area contributed by atoms with Crippen LogP contribution in [0.2, 0.25) is 0 Å². The minimum absolute atomic E-state index is 0.347. The molecule has 1 fully saturated rings. The highest BCUT2D eigenvalue weighted by atomic mass is 16.5. The van der Waals surface area contributed by atoms with Crippen molar-refractivity contribution in [3.05, 3.63) is 47.9 Å². The first-order chi connectivity index (χ1) is 12.9. The van der Waals surface area contributed by atoms with E-state index >= 15 is 0 Å². The molecule has 3 nitrogen and oxygen atoms in total. The topological polar surface area (TPSA) is 33.3 Å². The molecule has 3 heterocycles. The second-order valence-electron chi connectivity index (χ2n) is 7.14. The van der Waals surface area contributed by atoms with Crippen LogP contribution >= 0.6 is 0 Å². The van der Waals surface area contributed by atoms with Crippen LogP contribution in [-0.4, -0.2) is 25.3 Å². The van der Waals surface area contributed by atoms with Gasteiger partial charge in [0.15, 0.2) is 0 Å². The molecule has 0 aromatic carbocycles. The van der Waals surface area contributed by atoms with Crippen molar-refractivity contribution in [2.45, 2.75) is 83.7 Å². The Morgan fingerprint density at radius 1 is 0.769 bits per heavy atom. The smallest absolute Gasteiger partial charge is 0.0704 e. The van der Waals surface area contributed by atoms with Gasteiger partial charge in [0.1, 0.15) is 0 Å². The lowest BCUT2D eigenvalue weighted by atomic mass is 10.0. The molecule has 0 spiro atoms. The molecule has 2 unspecified atom stereocenters. The largest absolute Gasteiger partial charge is 0.382 e. The molecule has 4 bridgehead atoms. The van der Waals surface area contributed by atoms with Gasteiger partial charge >= 0.3 is 0 Å². The van der Waals surface area contributed by atoms with Gasteiger partial charge in [-0.25, -0.2) is 0 Å². The molecule has 0 saturated carbocycles. The van der Waals surface area contributed by atoms with E-state index < -0.39 is 0 Å². The molecule has 3 heteroatoms. The van der Waals surface area contributed by atoms with E-state index in [1.165, 1.54) is 56.3 Å². The van der Waals surface area contributed by atoms with Crippen LogP contribution in [-0.2, 0) is 4.74 Å². The molecule has 3 rings (SSSR count). The second-order valence-corrected chi connectivity index (χ2v) is 7.14. The minimum atomic E-state index is 0.347. The number of fused-ring (bicyclic) bond motifs is 4. The van der Waals surface area contributed by atoms with Crippen molar-refractivity contribution in [1.82, 2.24) is 10.6 Å². The second kappa shape index (κ2) is 12.8. The SMILES string of the molecule is C1=CC2CCCCOCC3C=CC=C(CCCCCCC(=C1)N2)N3.CC. The van der Waals surface area contributed by atoms with Crippen LogP contribution in [0.3, 0.4) is 0 Å². The van der Waals surface area contributed by atoms with Crippen molar-refractivity contribution in [2.75, 3.05) is 13.2 Å². The molecule has 0 radical (unpaired) electrons. The van der Waals surface area contributed by atoms with Crippen LogP contribution in [0.25, 0.3) is 0 Å². The van der Waals surface area contributed by atoms with Gasteiger partial charge in [-0.05, 0) is 57.1 Å². The molecular weight excluding hydrogens is 320 g/mol. The molecule has 3 aliphatic heterocycles. The number of hydrogen-bond acceptors (Lipinski definition) is 3. The average Bonchev–Trinajstić information content (AvgIpc) is 2.69. The molecule has 0 amide bonds. The Bertz CT molecular complexity index is 458. The van der Waals surface area contributed by atoms with Crippen molar-refractivity contribution in [3.63, 3.8) is 0 Å². The number of ether oxygens (including phenoxy) is 1. The van der Waals surface area contributed by atoms with Crippen molar-refractivity contribution >= 4 is 0 Å². The molecule has 2 atom stereocenters. The Balaban J connectivity index is 0.00000117. The Labute approximate surface area is 160 Å². The number of nitrogens with one attached hydrogen (secondary N) is 2. The minimum Gasteiger partial charge on any atom is -0.382 e. The van der Waals surface area contributed by atoms with Crippen molar-refractivity contribution < 1.29 is 4.74 Å². The predicted octanol–water partition coefficient (Wildman–Crippen LogP) is 5.38. The van der Waals surface area contributed by atoms with E-state index in [4.69, 9.17) is 4.74 Å². The molecular formula is C23H38N2O. The fourth-order valence-electron chi connectivity index (χ4n) is 3.62. The normalized spacial score (nSPS) is 27.3. The number of hydrogen-bond donors (Lipinski definition) is 2. The third-order valence-electron chi connectivity index (χ3n) is 5.02. The monoisotopic (exact) mass is 358 g/mol. The van der Waals surface area contributed by atoms with Gasteiger partial charge in [0.25, 0.3) is 0 Å². The van der Waals surface area contributed by atoms with Crippen LogP contribution in [0.15, 0.2) is 47.9 Å². The van der Waals surface area contributed by atoms with Gasteiger partial charge < -0.3 is 15.4 Å². The molecule has 2 N–H and O–H groups in total. The quantitative estimate of drug-likeness (QED) is 0.610. The van der Waals surface area contributed by atoms with E-state index in [1.807, 2.05) is 13.8 Å². The maximum Gasteiger partial charge on any atom is 0.0704 e. The summed E-state index contributed by atoms with van der Waals surface area (Å²) in [5.74, 6) is 0.